The molecule has 2 N–H and O–H groups in total. The molecule has 1 rings (SSSR count). The van der Waals surface area contributed by atoms with E-state index >= 15 is 0 Å². The molecule has 6 heteroatoms. The van der Waals surface area contributed by atoms with E-state index in [9.17, 15) is 14.4 Å². The molecule has 6 nitrogen and oxygen atoms in total. The molecule has 0 saturated carbocycles. The van der Waals surface area contributed by atoms with Crippen LogP contribution in [0.4, 0.5) is 0 Å². The Labute approximate surface area is 126 Å². The Bertz CT molecular complexity index is 429. The standard InChI is InChI=1S/C15H26N2O4/c1-5-21-13(20)15(4,16)8-6-7-9-17-11(18)10-14(2,3)12(17)19/h5-10,16H2,1-4H3. The molecule has 2 amide bonds. The Kier molecular flexibility index (Phi) is 5.50. The van der Waals surface area contributed by atoms with Crippen LogP contribution in [-0.4, -0.2) is 41.4 Å². The summed E-state index contributed by atoms with van der Waals surface area (Å²) in [6, 6.07) is 0. The lowest BCUT2D eigenvalue weighted by Gasteiger charge is -2.23. The summed E-state index contributed by atoms with van der Waals surface area (Å²) < 4.78 is 4.92. The van der Waals surface area contributed by atoms with Gasteiger partial charge < -0.3 is 10.5 Å². The fourth-order valence-electron chi connectivity index (χ4n) is 2.41. The van der Waals surface area contributed by atoms with E-state index in [-0.39, 0.29) is 18.2 Å². The van der Waals surface area contributed by atoms with Gasteiger partial charge in [0.05, 0.1) is 12.0 Å². The molecule has 0 aromatic heterocycles. The molecule has 1 fully saturated rings. The van der Waals surface area contributed by atoms with Crippen LogP contribution in [0.5, 0.6) is 0 Å². The van der Waals surface area contributed by atoms with Gasteiger partial charge in [-0.25, -0.2) is 0 Å². The van der Waals surface area contributed by atoms with Gasteiger partial charge in [0, 0.05) is 13.0 Å². The molecule has 0 bridgehead atoms. The molecule has 1 aliphatic rings. The summed E-state index contributed by atoms with van der Waals surface area (Å²) in [6.07, 6.45) is 2.03. The second kappa shape index (κ2) is 6.56. The molecular weight excluding hydrogens is 272 g/mol. The Morgan fingerprint density at radius 1 is 1.38 bits per heavy atom. The van der Waals surface area contributed by atoms with Crippen molar-refractivity contribution in [1.29, 1.82) is 0 Å². The number of ether oxygens (including phenoxy) is 1. The number of likely N-dealkylation sites (tertiary alicyclic amines) is 1. The molecule has 0 spiro atoms. The largest absolute Gasteiger partial charge is 0.465 e. The van der Waals surface area contributed by atoms with Gasteiger partial charge in [0.1, 0.15) is 5.54 Å². The molecule has 1 aliphatic heterocycles. The van der Waals surface area contributed by atoms with Gasteiger partial charge in [-0.1, -0.05) is 13.8 Å². The maximum absolute atomic E-state index is 12.0. The van der Waals surface area contributed by atoms with Crippen LogP contribution in [0.2, 0.25) is 0 Å². The normalized spacial score (nSPS) is 20.5. The zero-order valence-electron chi connectivity index (χ0n) is 13.4. The molecule has 1 saturated heterocycles. The van der Waals surface area contributed by atoms with E-state index in [1.165, 1.54) is 4.90 Å². The molecule has 1 heterocycles. The van der Waals surface area contributed by atoms with Crippen LogP contribution in [0.25, 0.3) is 0 Å². The van der Waals surface area contributed by atoms with Crippen molar-refractivity contribution < 1.29 is 19.1 Å². The maximum atomic E-state index is 12.0. The Morgan fingerprint density at radius 3 is 2.48 bits per heavy atom. The number of carbonyl (C=O) groups is 3. The number of hydrogen-bond acceptors (Lipinski definition) is 5. The number of rotatable bonds is 7. The highest BCUT2D eigenvalue weighted by Gasteiger charge is 2.44. The molecule has 0 aromatic carbocycles. The number of unbranched alkanes of at least 4 members (excludes halogenated alkanes) is 1. The predicted octanol–water partition coefficient (Wildman–Crippen LogP) is 1.22. The zero-order chi connectivity index (χ0) is 16.3. The number of esters is 1. The summed E-state index contributed by atoms with van der Waals surface area (Å²) in [5, 5.41) is 0. The van der Waals surface area contributed by atoms with Gasteiger partial charge in [-0.15, -0.1) is 0 Å². The number of nitrogens with zero attached hydrogens (tertiary/aromatic N) is 1. The second-order valence-corrected chi connectivity index (χ2v) is 6.51. The summed E-state index contributed by atoms with van der Waals surface area (Å²) in [6.45, 7) is 7.63. The molecule has 1 atom stereocenters. The van der Waals surface area contributed by atoms with E-state index in [1.807, 2.05) is 0 Å². The first-order valence-corrected chi connectivity index (χ1v) is 7.43. The third-order valence-corrected chi connectivity index (χ3v) is 3.79. The molecule has 21 heavy (non-hydrogen) atoms. The third-order valence-electron chi connectivity index (χ3n) is 3.79. The van der Waals surface area contributed by atoms with Crippen LogP contribution >= 0.6 is 0 Å². The monoisotopic (exact) mass is 298 g/mol. The number of carbonyl (C=O) groups excluding carboxylic acids is 3. The molecular formula is C15H26N2O4. The molecule has 0 aliphatic carbocycles. The molecule has 0 aromatic rings. The number of imide groups is 1. The smallest absolute Gasteiger partial charge is 0.325 e. The first-order valence-electron chi connectivity index (χ1n) is 7.43. The fourth-order valence-corrected chi connectivity index (χ4v) is 2.41. The van der Waals surface area contributed by atoms with Crippen molar-refractivity contribution in [1.82, 2.24) is 4.90 Å². The van der Waals surface area contributed by atoms with Gasteiger partial charge in [0.25, 0.3) is 0 Å². The van der Waals surface area contributed by atoms with E-state index in [0.717, 1.165) is 0 Å². The predicted molar refractivity (Wildman–Crippen MR) is 78.2 cm³/mol. The molecule has 0 radical (unpaired) electrons. The first kappa shape index (κ1) is 17.6. The minimum absolute atomic E-state index is 0.117. The van der Waals surface area contributed by atoms with Crippen molar-refractivity contribution >= 4 is 17.8 Å². The highest BCUT2D eigenvalue weighted by Crippen LogP contribution is 2.31. The second-order valence-electron chi connectivity index (χ2n) is 6.51. The van der Waals surface area contributed by atoms with Crippen molar-refractivity contribution in [3.63, 3.8) is 0 Å². The topological polar surface area (TPSA) is 89.7 Å². The quantitative estimate of drug-likeness (QED) is 0.433. The molecule has 1 unspecified atom stereocenters. The lowest BCUT2D eigenvalue weighted by Crippen LogP contribution is -2.46. The summed E-state index contributed by atoms with van der Waals surface area (Å²) >= 11 is 0. The van der Waals surface area contributed by atoms with Gasteiger partial charge in [-0.2, -0.15) is 0 Å². The SMILES string of the molecule is CCOC(=O)C(C)(N)CCCCN1C(=O)CC(C)(C)C1=O. The zero-order valence-corrected chi connectivity index (χ0v) is 13.4. The number of hydrogen-bond donors (Lipinski definition) is 1. The van der Waals surface area contributed by atoms with Crippen molar-refractivity contribution in [2.45, 2.75) is 58.9 Å². The third kappa shape index (κ3) is 4.27. The van der Waals surface area contributed by atoms with E-state index in [4.69, 9.17) is 10.5 Å². The number of nitrogens with two attached hydrogens (primary N) is 1. The van der Waals surface area contributed by atoms with E-state index in [1.54, 1.807) is 27.7 Å². The van der Waals surface area contributed by atoms with E-state index in [0.29, 0.717) is 32.4 Å². The Morgan fingerprint density at radius 2 is 2.00 bits per heavy atom. The average molecular weight is 298 g/mol. The van der Waals surface area contributed by atoms with Gasteiger partial charge in [0.2, 0.25) is 11.8 Å². The summed E-state index contributed by atoms with van der Waals surface area (Å²) in [7, 11) is 0. The molecule has 120 valence electrons. The van der Waals surface area contributed by atoms with Gasteiger partial charge in [0.15, 0.2) is 0 Å². The average Bonchev–Trinajstić information content (AvgIpc) is 2.55. The summed E-state index contributed by atoms with van der Waals surface area (Å²) in [5.41, 5.74) is 4.30. The Hall–Kier alpha value is -1.43. The lowest BCUT2D eigenvalue weighted by atomic mass is 9.92. The van der Waals surface area contributed by atoms with Gasteiger partial charge in [-0.3, -0.25) is 19.3 Å². The highest BCUT2D eigenvalue weighted by atomic mass is 16.5. The van der Waals surface area contributed by atoms with Crippen LogP contribution in [-0.2, 0) is 19.1 Å². The maximum Gasteiger partial charge on any atom is 0.325 e. The summed E-state index contributed by atoms with van der Waals surface area (Å²) in [4.78, 5) is 36.8. The van der Waals surface area contributed by atoms with Crippen LogP contribution in [0.15, 0.2) is 0 Å². The van der Waals surface area contributed by atoms with Crippen molar-refractivity contribution in [2.24, 2.45) is 11.1 Å². The van der Waals surface area contributed by atoms with Crippen LogP contribution < -0.4 is 5.73 Å². The lowest BCUT2D eigenvalue weighted by molar-refractivity contribution is -0.149. The minimum atomic E-state index is -1.02. The van der Waals surface area contributed by atoms with Crippen molar-refractivity contribution in [3.8, 4) is 0 Å². The van der Waals surface area contributed by atoms with Crippen LogP contribution in [0, 0.1) is 5.41 Å². The van der Waals surface area contributed by atoms with Crippen LogP contribution in [0.1, 0.15) is 53.4 Å². The van der Waals surface area contributed by atoms with E-state index in [2.05, 4.69) is 0 Å². The van der Waals surface area contributed by atoms with Crippen molar-refractivity contribution in [2.75, 3.05) is 13.2 Å². The first-order chi connectivity index (χ1) is 9.62. The number of amides is 2. The van der Waals surface area contributed by atoms with Gasteiger partial charge >= 0.3 is 5.97 Å². The van der Waals surface area contributed by atoms with Gasteiger partial charge in [-0.05, 0) is 33.1 Å². The Balaban J connectivity index is 2.40. The minimum Gasteiger partial charge on any atom is -0.465 e. The summed E-state index contributed by atoms with van der Waals surface area (Å²) in [5.74, 6) is -0.654. The van der Waals surface area contributed by atoms with E-state index < -0.39 is 16.9 Å². The highest BCUT2D eigenvalue weighted by molar-refractivity contribution is 6.05. The van der Waals surface area contributed by atoms with Crippen molar-refractivity contribution in [3.05, 3.63) is 0 Å². The van der Waals surface area contributed by atoms with Crippen LogP contribution in [0.3, 0.4) is 0 Å². The fraction of sp³-hybridized carbons (Fsp3) is 0.800.